The molecule has 1 N–H and O–H groups in total. The molecule has 1 heteroatoms. The monoisotopic (exact) mass is 421 g/mol. The minimum absolute atomic E-state index is 0.793. The second-order valence-electron chi connectivity index (χ2n) is 10.6. The molecule has 0 aromatic rings. The number of unbranched alkanes of at least 4 members (excludes halogenated alkanes) is 11. The Balaban J connectivity index is 2.38. The Bertz CT molecular complexity index is 338. The standard InChI is InChI=1S/C29H59N/c1-5-9-12-15-18-21-28(22-19-16-13-10-6-2)30-29-24-23-27(25-29)26(8-4)20-17-14-11-7-3/h26-30H,5-25H2,1-4H3/t26-,27?,29?/m1/s1. The van der Waals surface area contributed by atoms with Gasteiger partial charge in [-0.3, -0.25) is 0 Å². The van der Waals surface area contributed by atoms with Gasteiger partial charge < -0.3 is 5.32 Å². The summed E-state index contributed by atoms with van der Waals surface area (Å²) < 4.78 is 0. The van der Waals surface area contributed by atoms with E-state index in [1.807, 2.05) is 0 Å². The van der Waals surface area contributed by atoms with E-state index >= 15 is 0 Å². The summed E-state index contributed by atoms with van der Waals surface area (Å²) >= 11 is 0. The molecule has 3 atom stereocenters. The summed E-state index contributed by atoms with van der Waals surface area (Å²) in [6, 6.07) is 1.61. The van der Waals surface area contributed by atoms with E-state index in [-0.39, 0.29) is 0 Å². The van der Waals surface area contributed by atoms with Crippen molar-refractivity contribution in [1.29, 1.82) is 0 Å². The summed E-state index contributed by atoms with van der Waals surface area (Å²) in [7, 11) is 0. The SMILES string of the molecule is CCCCCCCC(CCCCCCC)NC1CCC([C@H](CC)CCCCCC)C1. The number of hydrogen-bond acceptors (Lipinski definition) is 1. The quantitative estimate of drug-likeness (QED) is 0.182. The van der Waals surface area contributed by atoms with E-state index in [4.69, 9.17) is 0 Å². The smallest absolute Gasteiger partial charge is 0.00724 e. The molecule has 1 fully saturated rings. The van der Waals surface area contributed by atoms with Crippen molar-refractivity contribution in [2.24, 2.45) is 11.8 Å². The fourth-order valence-corrected chi connectivity index (χ4v) is 5.84. The first-order valence-corrected chi connectivity index (χ1v) is 14.5. The molecule has 0 aromatic carbocycles. The van der Waals surface area contributed by atoms with Gasteiger partial charge in [0.15, 0.2) is 0 Å². The Kier molecular flexibility index (Phi) is 18.3. The van der Waals surface area contributed by atoms with E-state index in [0.29, 0.717) is 0 Å². The summed E-state index contributed by atoms with van der Waals surface area (Å²) in [4.78, 5) is 0. The van der Waals surface area contributed by atoms with Gasteiger partial charge in [-0.15, -0.1) is 0 Å². The maximum Gasteiger partial charge on any atom is 0.00724 e. The van der Waals surface area contributed by atoms with E-state index in [0.717, 1.165) is 23.9 Å². The highest BCUT2D eigenvalue weighted by Gasteiger charge is 2.30. The van der Waals surface area contributed by atoms with Gasteiger partial charge in [0, 0.05) is 12.1 Å². The average molecular weight is 422 g/mol. The topological polar surface area (TPSA) is 12.0 Å². The molecule has 0 spiro atoms. The zero-order valence-corrected chi connectivity index (χ0v) is 21.7. The zero-order chi connectivity index (χ0) is 21.9. The Morgan fingerprint density at radius 3 is 1.63 bits per heavy atom. The van der Waals surface area contributed by atoms with Crippen LogP contribution in [0.25, 0.3) is 0 Å². The fraction of sp³-hybridized carbons (Fsp3) is 1.00. The number of rotatable bonds is 21. The molecule has 1 rings (SSSR count). The highest BCUT2D eigenvalue weighted by molar-refractivity contribution is 4.86. The maximum absolute atomic E-state index is 4.18. The second-order valence-corrected chi connectivity index (χ2v) is 10.6. The zero-order valence-electron chi connectivity index (χ0n) is 21.7. The van der Waals surface area contributed by atoms with Gasteiger partial charge in [0.1, 0.15) is 0 Å². The lowest BCUT2D eigenvalue weighted by atomic mass is 9.84. The highest BCUT2D eigenvalue weighted by Crippen LogP contribution is 2.36. The lowest BCUT2D eigenvalue weighted by Crippen LogP contribution is -2.37. The average Bonchev–Trinajstić information content (AvgIpc) is 3.21. The van der Waals surface area contributed by atoms with Gasteiger partial charge in [-0.25, -0.2) is 0 Å². The van der Waals surface area contributed by atoms with Crippen molar-refractivity contribution in [3.8, 4) is 0 Å². The minimum atomic E-state index is 0.793. The summed E-state index contributed by atoms with van der Waals surface area (Å²) in [6.45, 7) is 9.42. The lowest BCUT2D eigenvalue weighted by Gasteiger charge is -2.25. The lowest BCUT2D eigenvalue weighted by molar-refractivity contribution is 0.287. The molecule has 2 unspecified atom stereocenters. The van der Waals surface area contributed by atoms with Gasteiger partial charge in [0.05, 0.1) is 0 Å². The van der Waals surface area contributed by atoms with Crippen molar-refractivity contribution < 1.29 is 0 Å². The molecule has 1 aliphatic carbocycles. The summed E-state index contributed by atoms with van der Waals surface area (Å²) in [5, 5.41) is 4.18. The van der Waals surface area contributed by atoms with Crippen LogP contribution in [0.5, 0.6) is 0 Å². The molecular formula is C29H59N. The van der Waals surface area contributed by atoms with Crippen molar-refractivity contribution in [2.45, 2.75) is 175 Å². The third kappa shape index (κ3) is 13.4. The van der Waals surface area contributed by atoms with Crippen molar-refractivity contribution in [2.75, 3.05) is 0 Å². The van der Waals surface area contributed by atoms with E-state index in [1.54, 1.807) is 0 Å². The second kappa shape index (κ2) is 19.6. The minimum Gasteiger partial charge on any atom is -0.311 e. The van der Waals surface area contributed by atoms with Gasteiger partial charge in [-0.05, 0) is 43.9 Å². The molecule has 1 aliphatic rings. The molecule has 0 amide bonds. The van der Waals surface area contributed by atoms with Crippen LogP contribution >= 0.6 is 0 Å². The molecule has 0 radical (unpaired) electrons. The Hall–Kier alpha value is -0.0400. The molecular weight excluding hydrogens is 362 g/mol. The molecule has 0 heterocycles. The first-order valence-electron chi connectivity index (χ1n) is 14.5. The maximum atomic E-state index is 4.18. The van der Waals surface area contributed by atoms with Crippen LogP contribution < -0.4 is 5.32 Å². The van der Waals surface area contributed by atoms with E-state index in [9.17, 15) is 0 Å². The largest absolute Gasteiger partial charge is 0.311 e. The van der Waals surface area contributed by atoms with Gasteiger partial charge in [0.25, 0.3) is 0 Å². The number of nitrogens with one attached hydrogen (secondary N) is 1. The Labute approximate surface area is 192 Å². The van der Waals surface area contributed by atoms with Crippen LogP contribution in [0.1, 0.15) is 163 Å². The number of hydrogen-bond donors (Lipinski definition) is 1. The predicted molar refractivity (Wildman–Crippen MR) is 137 cm³/mol. The highest BCUT2D eigenvalue weighted by atomic mass is 15.0. The molecule has 1 nitrogen and oxygen atoms in total. The Morgan fingerprint density at radius 1 is 0.600 bits per heavy atom. The van der Waals surface area contributed by atoms with Crippen molar-refractivity contribution in [1.82, 2.24) is 5.32 Å². The summed E-state index contributed by atoms with van der Waals surface area (Å²) in [6.07, 6.45) is 30.1. The normalized spacial score (nSPS) is 20.3. The fourth-order valence-electron chi connectivity index (χ4n) is 5.84. The Morgan fingerprint density at radius 2 is 1.10 bits per heavy atom. The molecule has 0 aromatic heterocycles. The predicted octanol–water partition coefficient (Wildman–Crippen LogP) is 9.83. The van der Waals surface area contributed by atoms with Crippen LogP contribution in [0.4, 0.5) is 0 Å². The van der Waals surface area contributed by atoms with Crippen LogP contribution in [0.2, 0.25) is 0 Å². The first kappa shape index (κ1) is 28.0. The van der Waals surface area contributed by atoms with Crippen LogP contribution in [0.15, 0.2) is 0 Å². The van der Waals surface area contributed by atoms with E-state index in [2.05, 4.69) is 33.0 Å². The molecule has 1 saturated carbocycles. The first-order chi connectivity index (χ1) is 14.7. The third-order valence-corrected chi connectivity index (χ3v) is 7.88. The molecule has 30 heavy (non-hydrogen) atoms. The van der Waals surface area contributed by atoms with Crippen molar-refractivity contribution in [3.05, 3.63) is 0 Å². The third-order valence-electron chi connectivity index (χ3n) is 7.88. The molecule has 0 bridgehead atoms. The van der Waals surface area contributed by atoms with Gasteiger partial charge in [-0.1, -0.05) is 130 Å². The van der Waals surface area contributed by atoms with Crippen molar-refractivity contribution in [3.63, 3.8) is 0 Å². The van der Waals surface area contributed by atoms with Crippen LogP contribution in [-0.2, 0) is 0 Å². The molecule has 0 aliphatic heterocycles. The molecule has 180 valence electrons. The van der Waals surface area contributed by atoms with Gasteiger partial charge in [0.2, 0.25) is 0 Å². The summed E-state index contributed by atoms with van der Waals surface area (Å²) in [5.74, 6) is 2.00. The summed E-state index contributed by atoms with van der Waals surface area (Å²) in [5.41, 5.74) is 0. The van der Waals surface area contributed by atoms with Gasteiger partial charge in [-0.2, -0.15) is 0 Å². The van der Waals surface area contributed by atoms with Crippen LogP contribution in [-0.4, -0.2) is 12.1 Å². The van der Waals surface area contributed by atoms with Crippen molar-refractivity contribution >= 4 is 0 Å². The van der Waals surface area contributed by atoms with Crippen LogP contribution in [0.3, 0.4) is 0 Å². The van der Waals surface area contributed by atoms with E-state index in [1.165, 1.54) is 135 Å². The molecule has 0 saturated heterocycles. The van der Waals surface area contributed by atoms with Gasteiger partial charge >= 0.3 is 0 Å². The van der Waals surface area contributed by atoms with E-state index < -0.39 is 0 Å². The van der Waals surface area contributed by atoms with Crippen LogP contribution in [0, 0.1) is 11.8 Å².